The van der Waals surface area contributed by atoms with Gasteiger partial charge in [-0.2, -0.15) is 0 Å². The van der Waals surface area contributed by atoms with Crippen LogP contribution in [0.4, 0.5) is 5.69 Å². The number of amides is 1. The van der Waals surface area contributed by atoms with Crippen molar-refractivity contribution in [1.29, 1.82) is 0 Å². The van der Waals surface area contributed by atoms with Gasteiger partial charge in [-0.1, -0.05) is 0 Å². The molecule has 2 aromatic carbocycles. The Morgan fingerprint density at radius 2 is 1.70 bits per heavy atom. The molecule has 6 heteroatoms. The van der Waals surface area contributed by atoms with Gasteiger partial charge in [0.05, 0.1) is 25.9 Å². The Morgan fingerprint density at radius 1 is 1.00 bits per heavy atom. The number of nitrogens with one attached hydrogen (secondary N) is 1. The Labute approximate surface area is 158 Å². The molecule has 1 N–H and O–H groups in total. The lowest BCUT2D eigenvalue weighted by atomic mass is 10.1. The lowest BCUT2D eigenvalue weighted by Gasteiger charge is -2.09. The normalized spacial score (nSPS) is 10.7. The summed E-state index contributed by atoms with van der Waals surface area (Å²) in [5.41, 5.74) is 1.76. The molecule has 0 aromatic heterocycles. The van der Waals surface area contributed by atoms with Crippen LogP contribution < -0.4 is 14.8 Å². The van der Waals surface area contributed by atoms with Gasteiger partial charge >= 0.3 is 5.97 Å². The number of carbonyl (C=O) groups excluding carboxylic acids is 2. The van der Waals surface area contributed by atoms with Gasteiger partial charge in [0.1, 0.15) is 11.5 Å². The molecule has 0 aliphatic rings. The molecular weight excluding hydrogens is 346 g/mol. The summed E-state index contributed by atoms with van der Waals surface area (Å²) >= 11 is 0. The third-order valence-electron chi connectivity index (χ3n) is 3.59. The number of benzene rings is 2. The minimum atomic E-state index is -0.394. The van der Waals surface area contributed by atoms with Crippen molar-refractivity contribution in [2.24, 2.45) is 0 Å². The van der Waals surface area contributed by atoms with E-state index in [1.165, 1.54) is 6.08 Å². The van der Waals surface area contributed by atoms with Gasteiger partial charge in [-0.15, -0.1) is 0 Å². The number of anilines is 1. The van der Waals surface area contributed by atoms with Gasteiger partial charge < -0.3 is 19.5 Å². The second-order valence-corrected chi connectivity index (χ2v) is 5.96. The minimum absolute atomic E-state index is 0.183. The van der Waals surface area contributed by atoms with Gasteiger partial charge in [0.2, 0.25) is 5.91 Å². The van der Waals surface area contributed by atoms with Crippen LogP contribution in [0.25, 0.3) is 6.08 Å². The predicted molar refractivity (Wildman–Crippen MR) is 104 cm³/mol. The van der Waals surface area contributed by atoms with Gasteiger partial charge in [-0.05, 0) is 56.3 Å². The summed E-state index contributed by atoms with van der Waals surface area (Å²) in [7, 11) is 3.13. The molecule has 27 heavy (non-hydrogen) atoms. The van der Waals surface area contributed by atoms with E-state index in [-0.39, 0.29) is 12.0 Å². The Bertz CT molecular complexity index is 825. The quantitative estimate of drug-likeness (QED) is 0.591. The zero-order chi connectivity index (χ0) is 19.8. The lowest BCUT2D eigenvalue weighted by molar-refractivity contribution is -0.111. The Hall–Kier alpha value is -3.28. The van der Waals surface area contributed by atoms with Crippen LogP contribution in [-0.2, 0) is 9.53 Å². The molecule has 0 bridgehead atoms. The van der Waals surface area contributed by atoms with E-state index in [0.29, 0.717) is 22.7 Å². The van der Waals surface area contributed by atoms with E-state index in [1.54, 1.807) is 76.6 Å². The summed E-state index contributed by atoms with van der Waals surface area (Å²) in [5, 5.41) is 2.74. The molecule has 6 nitrogen and oxygen atoms in total. The maximum Gasteiger partial charge on any atom is 0.338 e. The molecule has 0 spiro atoms. The molecule has 0 aliphatic carbocycles. The number of hydrogen-bond donors (Lipinski definition) is 1. The molecule has 1 amide bonds. The molecule has 0 radical (unpaired) electrons. The fourth-order valence-electron chi connectivity index (χ4n) is 2.28. The second kappa shape index (κ2) is 9.43. The SMILES string of the molecule is COc1ccc(/C=C/C(=O)Nc2ccc(C(=O)OC(C)C)cc2)c(OC)c1. The highest BCUT2D eigenvalue weighted by Gasteiger charge is 2.09. The highest BCUT2D eigenvalue weighted by Crippen LogP contribution is 2.25. The molecule has 0 saturated heterocycles. The van der Waals surface area contributed by atoms with E-state index in [4.69, 9.17) is 14.2 Å². The smallest absolute Gasteiger partial charge is 0.338 e. The Kier molecular flexibility index (Phi) is 7.00. The van der Waals surface area contributed by atoms with Gasteiger partial charge in [0.15, 0.2) is 0 Å². The summed E-state index contributed by atoms with van der Waals surface area (Å²) in [4.78, 5) is 23.9. The van der Waals surface area contributed by atoms with Gasteiger partial charge in [0.25, 0.3) is 0 Å². The van der Waals surface area contributed by atoms with Crippen LogP contribution >= 0.6 is 0 Å². The van der Waals surface area contributed by atoms with Gasteiger partial charge in [-0.25, -0.2) is 4.79 Å². The standard InChI is InChI=1S/C21H23NO5/c1-14(2)27-21(24)16-5-9-17(10-6-16)22-20(23)12-8-15-7-11-18(25-3)13-19(15)26-4/h5-14H,1-4H3,(H,22,23)/b12-8+. The van der Waals surface area contributed by atoms with Crippen molar-refractivity contribution in [3.05, 3.63) is 59.7 Å². The summed E-state index contributed by atoms with van der Waals surface area (Å²) in [6.45, 7) is 3.58. The van der Waals surface area contributed by atoms with Crippen LogP contribution in [0.3, 0.4) is 0 Å². The van der Waals surface area contributed by atoms with E-state index in [9.17, 15) is 9.59 Å². The van der Waals surface area contributed by atoms with Crippen molar-refractivity contribution in [2.45, 2.75) is 20.0 Å². The van der Waals surface area contributed by atoms with Crippen LogP contribution in [0.2, 0.25) is 0 Å². The van der Waals surface area contributed by atoms with Crippen LogP contribution in [0.5, 0.6) is 11.5 Å². The zero-order valence-electron chi connectivity index (χ0n) is 15.8. The summed E-state index contributed by atoms with van der Waals surface area (Å²) < 4.78 is 15.6. The van der Waals surface area contributed by atoms with Crippen LogP contribution in [0.15, 0.2) is 48.5 Å². The number of carbonyl (C=O) groups is 2. The number of ether oxygens (including phenoxy) is 3. The zero-order valence-corrected chi connectivity index (χ0v) is 15.8. The van der Waals surface area contributed by atoms with E-state index in [2.05, 4.69) is 5.32 Å². The van der Waals surface area contributed by atoms with Crippen LogP contribution in [0, 0.1) is 0 Å². The molecule has 2 rings (SSSR count). The van der Waals surface area contributed by atoms with Crippen molar-refractivity contribution >= 4 is 23.6 Å². The number of rotatable bonds is 7. The van der Waals surface area contributed by atoms with E-state index >= 15 is 0 Å². The van der Waals surface area contributed by atoms with Crippen molar-refractivity contribution < 1.29 is 23.8 Å². The average Bonchev–Trinajstić information content (AvgIpc) is 2.66. The van der Waals surface area contributed by atoms with Crippen molar-refractivity contribution in [1.82, 2.24) is 0 Å². The van der Waals surface area contributed by atoms with Crippen LogP contribution in [0.1, 0.15) is 29.8 Å². The monoisotopic (exact) mass is 369 g/mol. The predicted octanol–water partition coefficient (Wildman–Crippen LogP) is 3.92. The van der Waals surface area contributed by atoms with Crippen LogP contribution in [-0.4, -0.2) is 32.2 Å². The lowest BCUT2D eigenvalue weighted by Crippen LogP contribution is -2.12. The molecule has 0 heterocycles. The maximum absolute atomic E-state index is 12.1. The average molecular weight is 369 g/mol. The first kappa shape index (κ1) is 20.0. The van der Waals surface area contributed by atoms with E-state index in [1.807, 2.05) is 0 Å². The molecule has 142 valence electrons. The highest BCUT2D eigenvalue weighted by molar-refractivity contribution is 6.02. The summed E-state index contributed by atoms with van der Waals surface area (Å²) in [5.74, 6) is 0.579. The Morgan fingerprint density at radius 3 is 2.30 bits per heavy atom. The summed E-state index contributed by atoms with van der Waals surface area (Å²) in [6.07, 6.45) is 2.88. The second-order valence-electron chi connectivity index (χ2n) is 5.96. The third-order valence-corrected chi connectivity index (χ3v) is 3.59. The van der Waals surface area contributed by atoms with Gasteiger partial charge in [-0.3, -0.25) is 4.79 Å². The van der Waals surface area contributed by atoms with Crippen molar-refractivity contribution in [3.63, 3.8) is 0 Å². The molecular formula is C21H23NO5. The topological polar surface area (TPSA) is 73.9 Å². The first-order valence-corrected chi connectivity index (χ1v) is 8.45. The molecule has 0 atom stereocenters. The number of esters is 1. The first-order chi connectivity index (χ1) is 12.9. The van der Waals surface area contributed by atoms with Gasteiger partial charge in [0, 0.05) is 23.4 Å². The fraction of sp³-hybridized carbons (Fsp3) is 0.238. The number of methoxy groups -OCH3 is 2. The van der Waals surface area contributed by atoms with E-state index < -0.39 is 5.97 Å². The van der Waals surface area contributed by atoms with E-state index in [0.717, 1.165) is 5.56 Å². The fourth-order valence-corrected chi connectivity index (χ4v) is 2.28. The molecule has 0 unspecified atom stereocenters. The van der Waals surface area contributed by atoms with Crippen molar-refractivity contribution in [2.75, 3.05) is 19.5 Å². The number of hydrogen-bond acceptors (Lipinski definition) is 5. The maximum atomic E-state index is 12.1. The molecule has 0 saturated carbocycles. The first-order valence-electron chi connectivity index (χ1n) is 8.45. The summed E-state index contributed by atoms with van der Waals surface area (Å²) in [6, 6.07) is 11.8. The third kappa shape index (κ3) is 5.88. The molecule has 0 aliphatic heterocycles. The molecule has 2 aromatic rings. The highest BCUT2D eigenvalue weighted by atomic mass is 16.5. The Balaban J connectivity index is 2.01. The largest absolute Gasteiger partial charge is 0.497 e. The van der Waals surface area contributed by atoms with Crippen molar-refractivity contribution in [3.8, 4) is 11.5 Å². The molecule has 0 fully saturated rings. The minimum Gasteiger partial charge on any atom is -0.497 e.